The van der Waals surface area contributed by atoms with Gasteiger partial charge in [-0.15, -0.1) is 0 Å². The van der Waals surface area contributed by atoms with E-state index in [1.807, 2.05) is 71.0 Å². The number of amides is 1. The lowest BCUT2D eigenvalue weighted by Crippen LogP contribution is -2.49. The normalized spacial score (nSPS) is 14.1. The molecular weight excluding hydrogens is 438 g/mol. The molecule has 0 bridgehead atoms. The first kappa shape index (κ1) is 21.5. The molecule has 1 saturated heterocycles. The van der Waals surface area contributed by atoms with Crippen molar-refractivity contribution in [2.24, 2.45) is 0 Å². The highest BCUT2D eigenvalue weighted by atomic mass is 35.5. The number of anilines is 1. The van der Waals surface area contributed by atoms with Gasteiger partial charge in [0.05, 0.1) is 24.1 Å². The third-order valence-electron chi connectivity index (χ3n) is 6.04. The van der Waals surface area contributed by atoms with Crippen LogP contribution in [0, 0.1) is 0 Å². The summed E-state index contributed by atoms with van der Waals surface area (Å²) >= 11 is 6.18. The molecule has 5 rings (SSSR count). The van der Waals surface area contributed by atoms with Crippen molar-refractivity contribution in [3.05, 3.63) is 83.2 Å². The molecule has 33 heavy (non-hydrogen) atoms. The molecule has 0 atom stereocenters. The fourth-order valence-corrected chi connectivity index (χ4v) is 4.66. The molecule has 6 nitrogen and oxygen atoms in total. The number of para-hydroxylation sites is 2. The molecule has 170 valence electrons. The van der Waals surface area contributed by atoms with Gasteiger partial charge in [-0.3, -0.25) is 4.79 Å². The van der Waals surface area contributed by atoms with Gasteiger partial charge in [0.15, 0.2) is 5.58 Å². The maximum Gasteiger partial charge on any atom is 0.270 e. The molecule has 0 unspecified atom stereocenters. The molecule has 1 aliphatic rings. The number of halogens is 1. The molecule has 0 saturated carbocycles. The van der Waals surface area contributed by atoms with Gasteiger partial charge < -0.3 is 23.5 Å². The van der Waals surface area contributed by atoms with Gasteiger partial charge in [0.1, 0.15) is 11.4 Å². The van der Waals surface area contributed by atoms with Crippen molar-refractivity contribution in [2.45, 2.75) is 13.5 Å². The molecule has 0 N–H and O–H groups in total. The lowest BCUT2D eigenvalue weighted by atomic mass is 10.2. The standard InChI is InChI=1S/C26H26ClN3O3/c1-2-32-24-9-4-3-8-21(24)28-11-13-29(14-12-28)26(31)23-17-25-22(10-15-33-25)30(23)18-19-6-5-7-20(27)16-19/h3-10,15-17H,2,11-14,18H2,1H3. The molecule has 0 aliphatic carbocycles. The highest BCUT2D eigenvalue weighted by Crippen LogP contribution is 2.30. The van der Waals surface area contributed by atoms with Crippen LogP contribution in [0.25, 0.3) is 11.1 Å². The first-order chi connectivity index (χ1) is 16.1. The molecule has 1 aliphatic heterocycles. The fourth-order valence-electron chi connectivity index (χ4n) is 4.45. The number of piperazine rings is 1. The molecular formula is C26H26ClN3O3. The fraction of sp³-hybridized carbons (Fsp3) is 0.269. The number of hydrogen-bond donors (Lipinski definition) is 0. The second-order valence-electron chi connectivity index (χ2n) is 8.10. The Morgan fingerprint density at radius 3 is 2.64 bits per heavy atom. The van der Waals surface area contributed by atoms with Crippen molar-refractivity contribution in [1.82, 2.24) is 9.47 Å². The molecule has 2 aromatic heterocycles. The number of rotatable bonds is 6. The predicted octanol–water partition coefficient (Wildman–Crippen LogP) is 5.30. The van der Waals surface area contributed by atoms with Crippen LogP contribution in [-0.2, 0) is 6.54 Å². The Morgan fingerprint density at radius 2 is 1.85 bits per heavy atom. The highest BCUT2D eigenvalue weighted by Gasteiger charge is 2.27. The minimum Gasteiger partial charge on any atom is -0.492 e. The third-order valence-corrected chi connectivity index (χ3v) is 6.28. The summed E-state index contributed by atoms with van der Waals surface area (Å²) in [4.78, 5) is 17.8. The number of hydrogen-bond acceptors (Lipinski definition) is 4. The first-order valence-electron chi connectivity index (χ1n) is 11.2. The van der Waals surface area contributed by atoms with E-state index < -0.39 is 0 Å². The Morgan fingerprint density at radius 1 is 1.03 bits per heavy atom. The van der Waals surface area contributed by atoms with Crippen LogP contribution in [0.5, 0.6) is 5.75 Å². The number of fused-ring (bicyclic) bond motifs is 1. The van der Waals surface area contributed by atoms with E-state index in [-0.39, 0.29) is 5.91 Å². The van der Waals surface area contributed by atoms with Crippen LogP contribution in [-0.4, -0.2) is 48.2 Å². The van der Waals surface area contributed by atoms with Crippen LogP contribution in [0.1, 0.15) is 23.0 Å². The Hall–Kier alpha value is -3.38. The number of ether oxygens (including phenoxy) is 1. The van der Waals surface area contributed by atoms with Crippen LogP contribution in [0.2, 0.25) is 5.02 Å². The zero-order valence-corrected chi connectivity index (χ0v) is 19.3. The van der Waals surface area contributed by atoms with Crippen LogP contribution >= 0.6 is 11.6 Å². The average molecular weight is 464 g/mol. The quantitative estimate of drug-likeness (QED) is 0.389. The number of carbonyl (C=O) groups excluding carboxylic acids is 1. The number of nitrogens with zero attached hydrogens (tertiary/aromatic N) is 3. The zero-order chi connectivity index (χ0) is 22.8. The van der Waals surface area contributed by atoms with Gasteiger partial charge in [0.2, 0.25) is 0 Å². The Balaban J connectivity index is 1.36. The van der Waals surface area contributed by atoms with Crippen LogP contribution in [0.3, 0.4) is 0 Å². The summed E-state index contributed by atoms with van der Waals surface area (Å²) < 4.78 is 13.4. The third kappa shape index (κ3) is 4.31. The van der Waals surface area contributed by atoms with Crippen LogP contribution in [0.4, 0.5) is 5.69 Å². The number of carbonyl (C=O) groups is 1. The lowest BCUT2D eigenvalue weighted by Gasteiger charge is -2.36. The molecule has 1 amide bonds. The van der Waals surface area contributed by atoms with Crippen molar-refractivity contribution in [3.8, 4) is 5.75 Å². The SMILES string of the molecule is CCOc1ccccc1N1CCN(C(=O)c2cc3occc3n2Cc2cccc(Cl)c2)CC1. The molecule has 7 heteroatoms. The number of benzene rings is 2. The van der Waals surface area contributed by atoms with Gasteiger partial charge in [-0.2, -0.15) is 0 Å². The number of furan rings is 1. The number of aromatic nitrogens is 1. The average Bonchev–Trinajstić information content (AvgIpc) is 3.42. The van der Waals surface area contributed by atoms with Crippen molar-refractivity contribution in [1.29, 1.82) is 0 Å². The Labute approximate surface area is 197 Å². The molecule has 3 heterocycles. The topological polar surface area (TPSA) is 50.9 Å². The summed E-state index contributed by atoms with van der Waals surface area (Å²) in [6.07, 6.45) is 1.65. The van der Waals surface area contributed by atoms with Gasteiger partial charge in [-0.25, -0.2) is 0 Å². The summed E-state index contributed by atoms with van der Waals surface area (Å²) in [5, 5.41) is 0.680. The maximum absolute atomic E-state index is 13.6. The Bertz CT molecular complexity index is 1270. The van der Waals surface area contributed by atoms with Gasteiger partial charge in [-0.05, 0) is 36.8 Å². The summed E-state index contributed by atoms with van der Waals surface area (Å²) in [7, 11) is 0. The Kier molecular flexibility index (Phi) is 6.01. The van der Waals surface area contributed by atoms with Crippen molar-refractivity contribution in [2.75, 3.05) is 37.7 Å². The van der Waals surface area contributed by atoms with E-state index in [0.29, 0.717) is 42.5 Å². The molecule has 0 spiro atoms. The van der Waals surface area contributed by atoms with Crippen LogP contribution < -0.4 is 9.64 Å². The van der Waals surface area contributed by atoms with Crippen molar-refractivity contribution < 1.29 is 13.9 Å². The second-order valence-corrected chi connectivity index (χ2v) is 8.53. The van der Waals surface area contributed by atoms with E-state index in [2.05, 4.69) is 11.0 Å². The highest BCUT2D eigenvalue weighted by molar-refractivity contribution is 6.30. The molecule has 1 fully saturated rings. The van der Waals surface area contributed by atoms with Crippen molar-refractivity contribution in [3.63, 3.8) is 0 Å². The lowest BCUT2D eigenvalue weighted by molar-refractivity contribution is 0.0736. The van der Waals surface area contributed by atoms with Crippen molar-refractivity contribution >= 4 is 34.3 Å². The van der Waals surface area contributed by atoms with E-state index in [1.165, 1.54) is 0 Å². The van der Waals surface area contributed by atoms with Crippen LogP contribution in [0.15, 0.2) is 71.3 Å². The van der Waals surface area contributed by atoms with E-state index in [1.54, 1.807) is 6.26 Å². The minimum absolute atomic E-state index is 0.0150. The first-order valence-corrected chi connectivity index (χ1v) is 11.6. The summed E-state index contributed by atoms with van der Waals surface area (Å²) in [5.74, 6) is 0.900. The molecule has 0 radical (unpaired) electrons. The minimum atomic E-state index is 0.0150. The summed E-state index contributed by atoms with van der Waals surface area (Å²) in [5.41, 5.74) is 4.36. The predicted molar refractivity (Wildman–Crippen MR) is 130 cm³/mol. The van der Waals surface area contributed by atoms with E-state index in [0.717, 1.165) is 35.6 Å². The summed E-state index contributed by atoms with van der Waals surface area (Å²) in [6.45, 7) is 5.95. The van der Waals surface area contributed by atoms with Gasteiger partial charge in [0.25, 0.3) is 5.91 Å². The van der Waals surface area contributed by atoms with E-state index >= 15 is 0 Å². The van der Waals surface area contributed by atoms with Gasteiger partial charge in [-0.1, -0.05) is 35.9 Å². The largest absolute Gasteiger partial charge is 0.492 e. The zero-order valence-electron chi connectivity index (χ0n) is 18.5. The van der Waals surface area contributed by atoms with Gasteiger partial charge in [0, 0.05) is 49.9 Å². The smallest absolute Gasteiger partial charge is 0.270 e. The summed E-state index contributed by atoms with van der Waals surface area (Å²) in [6, 6.07) is 19.5. The van der Waals surface area contributed by atoms with Gasteiger partial charge >= 0.3 is 0 Å². The van der Waals surface area contributed by atoms with E-state index in [4.69, 9.17) is 20.8 Å². The second kappa shape index (κ2) is 9.24. The molecule has 2 aromatic carbocycles. The monoisotopic (exact) mass is 463 g/mol. The maximum atomic E-state index is 13.6. The van der Waals surface area contributed by atoms with E-state index in [9.17, 15) is 4.79 Å². The molecule has 4 aromatic rings.